The summed E-state index contributed by atoms with van der Waals surface area (Å²) in [5, 5.41) is 5.15. The van der Waals surface area contributed by atoms with E-state index >= 15 is 0 Å². The van der Waals surface area contributed by atoms with E-state index < -0.39 is 0 Å². The van der Waals surface area contributed by atoms with Gasteiger partial charge in [0.25, 0.3) is 5.56 Å². The third-order valence-electron chi connectivity index (χ3n) is 4.68. The Morgan fingerprint density at radius 2 is 1.71 bits per heavy atom. The predicted octanol–water partition coefficient (Wildman–Crippen LogP) is 6.49. The van der Waals surface area contributed by atoms with Gasteiger partial charge in [0, 0.05) is 25.2 Å². The van der Waals surface area contributed by atoms with Gasteiger partial charge in [-0.15, -0.1) is 0 Å². The van der Waals surface area contributed by atoms with Crippen LogP contribution in [0.2, 0.25) is 0 Å². The molecule has 0 aliphatic heterocycles. The lowest BCUT2D eigenvalue weighted by Crippen LogP contribution is -2.29. The van der Waals surface area contributed by atoms with Gasteiger partial charge in [-0.3, -0.25) is 4.79 Å². The molecule has 1 aromatic heterocycles. The molecule has 0 N–H and O–H groups in total. The zero-order valence-electron chi connectivity index (χ0n) is 17.5. The molecule has 0 amide bonds. The number of nitrogens with zero attached hydrogens (tertiary/aromatic N) is 3. The third-order valence-corrected chi connectivity index (χ3v) is 6.27. The zero-order valence-corrected chi connectivity index (χ0v) is 19.9. The molecule has 6 heteroatoms. The molecule has 0 aliphatic carbocycles. The van der Waals surface area contributed by atoms with Gasteiger partial charge in [-0.05, 0) is 36.4 Å². The van der Waals surface area contributed by atoms with Crippen LogP contribution in [0.1, 0.15) is 32.2 Å². The maximum atomic E-state index is 13.3. The number of halogens is 1. The minimum atomic E-state index is -0.351. The number of benzene rings is 3. The molecule has 31 heavy (non-hydrogen) atoms. The van der Waals surface area contributed by atoms with Crippen molar-refractivity contribution in [1.82, 2.24) is 9.66 Å². The fourth-order valence-electron chi connectivity index (χ4n) is 3.16. The van der Waals surface area contributed by atoms with E-state index in [0.717, 1.165) is 19.8 Å². The maximum Gasteiger partial charge on any atom is 0.282 e. The van der Waals surface area contributed by atoms with Crippen molar-refractivity contribution in [3.05, 3.63) is 99.0 Å². The number of fused-ring (bicyclic) bond motifs is 1. The summed E-state index contributed by atoms with van der Waals surface area (Å²) in [4.78, 5) is 20.3. The predicted molar refractivity (Wildman–Crippen MR) is 132 cm³/mol. The van der Waals surface area contributed by atoms with Crippen molar-refractivity contribution in [3.8, 4) is 0 Å². The van der Waals surface area contributed by atoms with E-state index in [0.29, 0.717) is 16.7 Å². The number of hydrogen-bond acceptors (Lipinski definition) is 4. The summed E-state index contributed by atoms with van der Waals surface area (Å²) in [5.74, 6) is 0.622. The van der Waals surface area contributed by atoms with Gasteiger partial charge in [0.2, 0.25) is 0 Å². The fraction of sp³-hybridized carbons (Fsp3) is 0.160. The van der Waals surface area contributed by atoms with Crippen LogP contribution in [-0.2, 0) is 5.41 Å². The molecule has 0 saturated carbocycles. The maximum absolute atomic E-state index is 13.3. The van der Waals surface area contributed by atoms with E-state index in [4.69, 9.17) is 4.98 Å². The van der Waals surface area contributed by atoms with Crippen LogP contribution in [0.25, 0.3) is 10.9 Å². The molecule has 0 saturated heterocycles. The van der Waals surface area contributed by atoms with Crippen LogP contribution in [0, 0.1) is 0 Å². The largest absolute Gasteiger partial charge is 0.282 e. The first-order valence-electron chi connectivity index (χ1n) is 9.92. The van der Waals surface area contributed by atoms with Gasteiger partial charge in [-0.1, -0.05) is 84.9 Å². The van der Waals surface area contributed by atoms with Crippen molar-refractivity contribution in [3.63, 3.8) is 0 Å². The minimum absolute atomic E-state index is 0.180. The van der Waals surface area contributed by atoms with E-state index in [1.54, 1.807) is 24.0 Å². The van der Waals surface area contributed by atoms with Crippen molar-refractivity contribution < 1.29 is 0 Å². The Morgan fingerprint density at radius 3 is 2.45 bits per heavy atom. The highest BCUT2D eigenvalue weighted by Crippen LogP contribution is 2.29. The Kier molecular flexibility index (Phi) is 6.12. The summed E-state index contributed by atoms with van der Waals surface area (Å²) in [6, 6.07) is 23.8. The van der Waals surface area contributed by atoms with Crippen LogP contribution in [-0.4, -0.2) is 15.9 Å². The van der Waals surface area contributed by atoms with E-state index in [9.17, 15) is 4.79 Å². The standard InChI is InChI=1S/C25H22BrN3OS/c1-25(2,3)24-28-21-14-13-18(26)15-20(21)23(30)29(24)27-16-17-9-7-8-12-22(17)31-19-10-5-4-6-11-19/h4-16H,1-3H3. The van der Waals surface area contributed by atoms with Crippen LogP contribution in [0.3, 0.4) is 0 Å². The fourth-order valence-corrected chi connectivity index (χ4v) is 4.45. The first kappa shape index (κ1) is 21.5. The lowest BCUT2D eigenvalue weighted by atomic mass is 9.95. The Bertz CT molecular complexity index is 1320. The first-order chi connectivity index (χ1) is 14.8. The van der Waals surface area contributed by atoms with Gasteiger partial charge in [-0.2, -0.15) is 9.78 Å². The molecule has 0 fully saturated rings. The Morgan fingerprint density at radius 1 is 1.00 bits per heavy atom. The van der Waals surface area contributed by atoms with Gasteiger partial charge in [0.05, 0.1) is 17.1 Å². The summed E-state index contributed by atoms with van der Waals surface area (Å²) in [6.07, 6.45) is 1.74. The number of hydrogen-bond donors (Lipinski definition) is 0. The van der Waals surface area contributed by atoms with Crippen molar-refractivity contribution in [2.45, 2.75) is 36.0 Å². The number of aromatic nitrogens is 2. The summed E-state index contributed by atoms with van der Waals surface area (Å²) in [6.45, 7) is 6.10. The lowest BCUT2D eigenvalue weighted by Gasteiger charge is -2.21. The van der Waals surface area contributed by atoms with Crippen molar-refractivity contribution in [2.75, 3.05) is 0 Å². The molecular formula is C25H22BrN3OS. The van der Waals surface area contributed by atoms with Crippen LogP contribution in [0.15, 0.2) is 97.0 Å². The van der Waals surface area contributed by atoms with Gasteiger partial charge in [-0.25, -0.2) is 4.98 Å². The highest BCUT2D eigenvalue weighted by molar-refractivity contribution is 9.10. The minimum Gasteiger partial charge on any atom is -0.267 e. The van der Waals surface area contributed by atoms with Gasteiger partial charge in [0.1, 0.15) is 5.82 Å². The van der Waals surface area contributed by atoms with E-state index in [1.165, 1.54) is 4.68 Å². The molecular weight excluding hydrogens is 470 g/mol. The summed E-state index contributed by atoms with van der Waals surface area (Å²) in [7, 11) is 0. The summed E-state index contributed by atoms with van der Waals surface area (Å²) < 4.78 is 2.26. The van der Waals surface area contributed by atoms with Crippen molar-refractivity contribution in [1.29, 1.82) is 0 Å². The first-order valence-corrected chi connectivity index (χ1v) is 11.5. The molecule has 4 nitrogen and oxygen atoms in total. The van der Waals surface area contributed by atoms with Gasteiger partial charge in [0.15, 0.2) is 0 Å². The topological polar surface area (TPSA) is 47.2 Å². The zero-order chi connectivity index (χ0) is 22.0. The quantitative estimate of drug-likeness (QED) is 0.306. The molecule has 0 spiro atoms. The third kappa shape index (κ3) is 4.81. The van der Waals surface area contributed by atoms with E-state index in [-0.39, 0.29) is 11.0 Å². The van der Waals surface area contributed by atoms with E-state index in [2.05, 4.69) is 39.2 Å². The molecule has 3 aromatic carbocycles. The lowest BCUT2D eigenvalue weighted by molar-refractivity contribution is 0.506. The normalized spacial score (nSPS) is 12.0. The average Bonchev–Trinajstić information content (AvgIpc) is 2.74. The molecule has 0 radical (unpaired) electrons. The van der Waals surface area contributed by atoms with Crippen LogP contribution in [0.4, 0.5) is 0 Å². The van der Waals surface area contributed by atoms with Gasteiger partial charge < -0.3 is 0 Å². The Labute approximate surface area is 194 Å². The second kappa shape index (κ2) is 8.81. The monoisotopic (exact) mass is 491 g/mol. The highest BCUT2D eigenvalue weighted by atomic mass is 79.9. The molecule has 4 aromatic rings. The SMILES string of the molecule is CC(C)(C)c1nc2ccc(Br)cc2c(=O)n1N=Cc1ccccc1Sc1ccccc1. The summed E-state index contributed by atoms with van der Waals surface area (Å²) in [5.41, 5.74) is 1.08. The number of rotatable bonds is 4. The second-order valence-corrected chi connectivity index (χ2v) is 10.2. The molecule has 0 bridgehead atoms. The second-order valence-electron chi connectivity index (χ2n) is 8.16. The Hall–Kier alpha value is -2.70. The van der Waals surface area contributed by atoms with Crippen molar-refractivity contribution in [2.24, 2.45) is 5.10 Å². The van der Waals surface area contributed by atoms with Crippen LogP contribution >= 0.6 is 27.7 Å². The average molecular weight is 492 g/mol. The summed E-state index contributed by atoms with van der Waals surface area (Å²) >= 11 is 5.12. The molecule has 156 valence electrons. The molecule has 0 atom stereocenters. The molecule has 4 rings (SSSR count). The molecule has 0 aliphatic rings. The van der Waals surface area contributed by atoms with Gasteiger partial charge >= 0.3 is 0 Å². The molecule has 0 unspecified atom stereocenters. The van der Waals surface area contributed by atoms with Crippen LogP contribution in [0.5, 0.6) is 0 Å². The highest BCUT2D eigenvalue weighted by Gasteiger charge is 2.23. The van der Waals surface area contributed by atoms with Crippen molar-refractivity contribution >= 4 is 44.8 Å². The van der Waals surface area contributed by atoms with Crippen LogP contribution < -0.4 is 5.56 Å². The molecule has 1 heterocycles. The van der Waals surface area contributed by atoms with E-state index in [1.807, 2.05) is 69.3 Å². The Balaban J connectivity index is 1.82. The smallest absolute Gasteiger partial charge is 0.267 e.